The Bertz CT molecular complexity index is 2330. The molecule has 13 heteroatoms. The third kappa shape index (κ3) is 5.51. The number of anilines is 2. The summed E-state index contributed by atoms with van der Waals surface area (Å²) in [7, 11) is 3.01. The number of nitrogens with one attached hydrogen (secondary N) is 1. The molecule has 0 spiro atoms. The normalized spacial score (nSPS) is 25.6. The van der Waals surface area contributed by atoms with Gasteiger partial charge in [-0.3, -0.25) is 34.3 Å². The molecule has 0 bridgehead atoms. The average Bonchev–Trinajstić information content (AvgIpc) is 3.56. The van der Waals surface area contributed by atoms with Crippen LogP contribution in [0, 0.1) is 23.7 Å². The van der Waals surface area contributed by atoms with Crippen LogP contribution in [-0.2, 0) is 24.6 Å². The molecular formula is C42H35Cl2N3O8. The highest BCUT2D eigenvalue weighted by molar-refractivity contribution is 6.36. The summed E-state index contributed by atoms with van der Waals surface area (Å²) < 4.78 is 11.1. The molecule has 1 saturated carbocycles. The summed E-state index contributed by atoms with van der Waals surface area (Å²) >= 11 is 12.7. The van der Waals surface area contributed by atoms with Crippen molar-refractivity contribution in [1.29, 1.82) is 0 Å². The molecule has 2 aliphatic heterocycles. The van der Waals surface area contributed by atoms with Crippen LogP contribution in [0.1, 0.15) is 47.2 Å². The second-order valence-corrected chi connectivity index (χ2v) is 15.1. The smallest absolute Gasteiger partial charge is 0.260 e. The first-order valence-corrected chi connectivity index (χ1v) is 18.5. The van der Waals surface area contributed by atoms with Gasteiger partial charge in [-0.05, 0) is 104 Å². The van der Waals surface area contributed by atoms with Gasteiger partial charge in [0, 0.05) is 22.1 Å². The standard InChI is InChI=1S/C42H35Cl2N3O8/c1-21(48)22-4-9-25(10-5-22)46-38(50)29-15-14-28-30(36(29)40(46)52)20-32-39(51)47(45-34-16-8-24(43)18-33(34)44)41(53)42(32,23-6-11-26(54-2)12-7-23)37(28)31-19-27(55-3)13-17-35(31)49/h4-14,16-19,29-30,32,36-37,45,49H,15,20H2,1-3H3. The molecule has 2 N–H and O–H groups in total. The number of carbonyl (C=O) groups excluding carboxylic acids is 5. The van der Waals surface area contributed by atoms with Gasteiger partial charge in [0.15, 0.2) is 5.78 Å². The Morgan fingerprint density at radius 1 is 0.836 bits per heavy atom. The van der Waals surface area contributed by atoms with Crippen LogP contribution in [0.3, 0.4) is 0 Å². The summed E-state index contributed by atoms with van der Waals surface area (Å²) in [6.07, 6.45) is 2.11. The molecule has 4 aromatic rings. The van der Waals surface area contributed by atoms with Crippen LogP contribution in [0.15, 0.2) is 96.6 Å². The lowest BCUT2D eigenvalue weighted by molar-refractivity contribution is -0.138. The Balaban J connectivity index is 1.33. The molecule has 6 atom stereocenters. The molecule has 8 rings (SSSR count). The monoisotopic (exact) mass is 779 g/mol. The first kappa shape index (κ1) is 36.3. The lowest BCUT2D eigenvalue weighted by Gasteiger charge is -2.50. The number of phenolic OH excluding ortho intramolecular Hbond substituents is 1. The Kier molecular flexibility index (Phi) is 8.97. The highest BCUT2D eigenvalue weighted by Gasteiger charge is 2.70. The summed E-state index contributed by atoms with van der Waals surface area (Å²) in [5.41, 5.74) is 3.79. The predicted octanol–water partition coefficient (Wildman–Crippen LogP) is 7.11. The van der Waals surface area contributed by atoms with E-state index >= 15 is 4.79 Å². The molecular weight excluding hydrogens is 745 g/mol. The fraction of sp³-hybridized carbons (Fsp3) is 0.262. The maximum atomic E-state index is 15.4. The second-order valence-electron chi connectivity index (χ2n) is 14.3. The number of ether oxygens (including phenoxy) is 2. The van der Waals surface area contributed by atoms with Crippen LogP contribution in [0.25, 0.3) is 0 Å². The van der Waals surface area contributed by atoms with Gasteiger partial charge >= 0.3 is 0 Å². The molecule has 2 heterocycles. The molecule has 4 amide bonds. The number of ketones is 1. The fourth-order valence-electron chi connectivity index (χ4n) is 9.18. The van der Waals surface area contributed by atoms with E-state index in [9.17, 15) is 24.3 Å². The molecule has 2 saturated heterocycles. The van der Waals surface area contributed by atoms with E-state index in [-0.39, 0.29) is 41.0 Å². The highest BCUT2D eigenvalue weighted by atomic mass is 35.5. The number of carbonyl (C=O) groups is 5. The zero-order chi connectivity index (χ0) is 38.9. The van der Waals surface area contributed by atoms with E-state index in [1.165, 1.54) is 33.3 Å². The zero-order valence-corrected chi connectivity index (χ0v) is 31.4. The second kappa shape index (κ2) is 13.6. The van der Waals surface area contributed by atoms with Crippen molar-refractivity contribution in [2.24, 2.45) is 23.7 Å². The third-order valence-corrected chi connectivity index (χ3v) is 12.2. The Morgan fingerprint density at radius 2 is 1.53 bits per heavy atom. The Hall–Kier alpha value is -5.65. The maximum absolute atomic E-state index is 15.4. The van der Waals surface area contributed by atoms with E-state index in [1.54, 1.807) is 72.8 Å². The number of halogens is 2. The Labute approximate surface area is 326 Å². The number of rotatable bonds is 8. The largest absolute Gasteiger partial charge is 0.508 e. The number of aromatic hydroxyl groups is 1. The van der Waals surface area contributed by atoms with E-state index in [1.807, 2.05) is 6.08 Å². The molecule has 4 aliphatic rings. The third-order valence-electron chi connectivity index (χ3n) is 11.7. The lowest BCUT2D eigenvalue weighted by Crippen LogP contribution is -2.53. The molecule has 55 heavy (non-hydrogen) atoms. The predicted molar refractivity (Wildman–Crippen MR) is 204 cm³/mol. The summed E-state index contributed by atoms with van der Waals surface area (Å²) in [6, 6.07) is 22.5. The molecule has 11 nitrogen and oxygen atoms in total. The minimum absolute atomic E-state index is 0.0352. The van der Waals surface area contributed by atoms with Crippen LogP contribution >= 0.6 is 23.2 Å². The van der Waals surface area contributed by atoms with Crippen LogP contribution < -0.4 is 19.8 Å². The van der Waals surface area contributed by atoms with Gasteiger partial charge in [-0.25, -0.2) is 0 Å². The number of hydrogen-bond acceptors (Lipinski definition) is 9. The first-order chi connectivity index (χ1) is 26.4. The average molecular weight is 781 g/mol. The highest BCUT2D eigenvalue weighted by Crippen LogP contribution is 2.65. The topological polar surface area (TPSA) is 143 Å². The summed E-state index contributed by atoms with van der Waals surface area (Å²) in [5, 5.41) is 13.2. The van der Waals surface area contributed by atoms with E-state index in [0.29, 0.717) is 44.5 Å². The number of nitrogens with zero attached hydrogens (tertiary/aromatic N) is 2. The van der Waals surface area contributed by atoms with Crippen LogP contribution in [0.2, 0.25) is 10.0 Å². The number of hydrazine groups is 1. The number of Topliss-reactive ketones (excluding diaryl/α,β-unsaturated/α-hetero) is 1. The van der Waals surface area contributed by atoms with Gasteiger partial charge in [0.2, 0.25) is 11.8 Å². The minimum Gasteiger partial charge on any atom is -0.508 e. The van der Waals surface area contributed by atoms with Crippen LogP contribution in [0.4, 0.5) is 11.4 Å². The SMILES string of the molecule is COc1ccc(C23C(=O)N(Nc4ccc(Cl)cc4Cl)C(=O)C2CC2C(=CCC4C(=O)N(c5ccc(C(C)=O)cc5)C(=O)C42)C3c2cc(OC)ccc2O)cc1. The molecule has 3 fully saturated rings. The fourth-order valence-corrected chi connectivity index (χ4v) is 9.63. The number of amides is 4. The van der Waals surface area contributed by atoms with Crippen molar-refractivity contribution in [1.82, 2.24) is 5.01 Å². The van der Waals surface area contributed by atoms with E-state index in [2.05, 4.69) is 5.43 Å². The number of hydrogen-bond donors (Lipinski definition) is 2. The first-order valence-electron chi connectivity index (χ1n) is 17.7. The van der Waals surface area contributed by atoms with Crippen molar-refractivity contribution in [3.63, 3.8) is 0 Å². The zero-order valence-electron chi connectivity index (χ0n) is 29.9. The number of benzene rings is 4. The summed E-state index contributed by atoms with van der Waals surface area (Å²) in [4.78, 5) is 72.2. The Morgan fingerprint density at radius 3 is 2.18 bits per heavy atom. The number of allylic oxidation sites excluding steroid dienone is 2. The van der Waals surface area contributed by atoms with Crippen molar-refractivity contribution >= 4 is 64.0 Å². The van der Waals surface area contributed by atoms with Gasteiger partial charge in [0.25, 0.3) is 11.8 Å². The summed E-state index contributed by atoms with van der Waals surface area (Å²) in [6.45, 7) is 1.43. The van der Waals surface area contributed by atoms with Gasteiger partial charge in [0.1, 0.15) is 17.2 Å². The number of imide groups is 2. The van der Waals surface area contributed by atoms with Crippen molar-refractivity contribution in [2.45, 2.75) is 31.1 Å². The number of methoxy groups -OCH3 is 2. The number of fused-ring (bicyclic) bond motifs is 4. The van der Waals surface area contributed by atoms with Gasteiger partial charge < -0.3 is 14.6 Å². The van der Waals surface area contributed by atoms with Gasteiger partial charge in [-0.15, -0.1) is 0 Å². The van der Waals surface area contributed by atoms with Crippen molar-refractivity contribution < 1.29 is 38.6 Å². The summed E-state index contributed by atoms with van der Waals surface area (Å²) in [5.74, 6) is -5.76. The quantitative estimate of drug-likeness (QED) is 0.109. The molecule has 6 unspecified atom stereocenters. The lowest BCUT2D eigenvalue weighted by atomic mass is 9.49. The molecule has 280 valence electrons. The number of phenols is 1. The van der Waals surface area contributed by atoms with Crippen molar-refractivity contribution in [3.8, 4) is 17.2 Å². The molecule has 4 aromatic carbocycles. The molecule has 0 radical (unpaired) electrons. The molecule has 2 aliphatic carbocycles. The van der Waals surface area contributed by atoms with Crippen molar-refractivity contribution in [2.75, 3.05) is 24.5 Å². The molecule has 0 aromatic heterocycles. The van der Waals surface area contributed by atoms with Crippen LogP contribution in [-0.4, -0.2) is 53.7 Å². The minimum atomic E-state index is -1.66. The van der Waals surface area contributed by atoms with Gasteiger partial charge in [0.05, 0.1) is 53.8 Å². The van der Waals surface area contributed by atoms with E-state index in [0.717, 1.165) is 9.91 Å². The van der Waals surface area contributed by atoms with Crippen molar-refractivity contribution in [3.05, 3.63) is 123 Å². The maximum Gasteiger partial charge on any atom is 0.260 e. The van der Waals surface area contributed by atoms with Gasteiger partial charge in [-0.1, -0.05) is 47.0 Å². The van der Waals surface area contributed by atoms with E-state index < -0.39 is 52.7 Å². The van der Waals surface area contributed by atoms with Gasteiger partial charge in [-0.2, -0.15) is 5.01 Å². The van der Waals surface area contributed by atoms with Crippen LogP contribution in [0.5, 0.6) is 17.2 Å². The van der Waals surface area contributed by atoms with E-state index in [4.69, 9.17) is 32.7 Å².